The molecule has 2 unspecified atom stereocenters. The SMILES string of the molecule is CCC(C)c1cc(OC)cc(C2C=C(CN3CCC(N(Cc4cncc(-c5cc(OC)c(OC)c(C6CC6)c5)c4)c4ccc(Cl)cc4)CC3)C=CN2)c1. The third kappa shape index (κ3) is 8.69. The maximum atomic E-state index is 6.37. The summed E-state index contributed by atoms with van der Waals surface area (Å²) in [5, 5.41) is 4.33. The van der Waals surface area contributed by atoms with Crippen LogP contribution in [0.3, 0.4) is 0 Å². The van der Waals surface area contributed by atoms with Gasteiger partial charge < -0.3 is 24.4 Å². The number of hydrogen-bond donors (Lipinski definition) is 1. The van der Waals surface area contributed by atoms with E-state index < -0.39 is 0 Å². The average Bonchev–Trinajstić information content (AvgIpc) is 4.06. The lowest BCUT2D eigenvalue weighted by atomic mass is 9.93. The van der Waals surface area contributed by atoms with E-state index in [0.717, 1.165) is 78.8 Å². The fraction of sp³-hybridized carbons (Fsp3) is 0.400. The molecule has 2 aliphatic heterocycles. The summed E-state index contributed by atoms with van der Waals surface area (Å²) < 4.78 is 17.3. The molecule has 3 aromatic carbocycles. The van der Waals surface area contributed by atoms with E-state index in [1.54, 1.807) is 21.3 Å². The normalized spacial score (nSPS) is 18.2. The number of nitrogens with zero attached hydrogens (tertiary/aromatic N) is 3. The Balaban J connectivity index is 1.06. The van der Waals surface area contributed by atoms with Crippen LogP contribution in [-0.4, -0.2) is 56.9 Å². The standard InChI is InChI=1S/C45H53ClN4O3/c1-6-30(2)34-21-36(23-41(22-34)51-3)43-20-31(13-16-48-43)28-49-17-14-40(15-18-49)50(39-11-9-38(46)10-12-39)29-32-19-37(27-47-26-32)35-24-42(33-7-8-33)45(53-5)44(25-35)52-4/h9-13,16,19-27,30,33,40,43,48H,6-8,14-15,17-18,28-29H2,1-5H3. The summed E-state index contributed by atoms with van der Waals surface area (Å²) in [7, 11) is 5.20. The summed E-state index contributed by atoms with van der Waals surface area (Å²) in [6, 6.07) is 22.1. The number of benzene rings is 3. The van der Waals surface area contributed by atoms with Crippen LogP contribution in [0.1, 0.15) is 86.1 Å². The topological polar surface area (TPSA) is 59.1 Å². The molecular formula is C45H53ClN4O3. The molecule has 278 valence electrons. The van der Waals surface area contributed by atoms with E-state index in [0.29, 0.717) is 17.9 Å². The third-order valence-electron chi connectivity index (χ3n) is 11.2. The molecule has 2 fully saturated rings. The number of nitrogens with one attached hydrogen (secondary N) is 1. The number of methoxy groups -OCH3 is 3. The highest BCUT2D eigenvalue weighted by atomic mass is 35.5. The van der Waals surface area contributed by atoms with Crippen LogP contribution in [0.2, 0.25) is 5.02 Å². The van der Waals surface area contributed by atoms with E-state index in [1.165, 1.54) is 46.4 Å². The monoisotopic (exact) mass is 732 g/mol. The number of rotatable bonds is 14. The Morgan fingerprint density at radius 2 is 1.70 bits per heavy atom. The molecule has 0 bridgehead atoms. The van der Waals surface area contributed by atoms with Crippen LogP contribution in [0, 0.1) is 0 Å². The van der Waals surface area contributed by atoms with Gasteiger partial charge in [0.25, 0.3) is 0 Å². The molecule has 1 aliphatic carbocycles. The molecule has 0 spiro atoms. The van der Waals surface area contributed by atoms with Gasteiger partial charge in [-0.1, -0.05) is 37.6 Å². The Hall–Kier alpha value is -4.46. The highest BCUT2D eigenvalue weighted by molar-refractivity contribution is 6.30. The van der Waals surface area contributed by atoms with Crippen LogP contribution < -0.4 is 24.4 Å². The van der Waals surface area contributed by atoms with Crippen molar-refractivity contribution < 1.29 is 14.2 Å². The predicted octanol–water partition coefficient (Wildman–Crippen LogP) is 10.1. The molecule has 7 nitrogen and oxygen atoms in total. The maximum Gasteiger partial charge on any atom is 0.164 e. The molecule has 53 heavy (non-hydrogen) atoms. The van der Waals surface area contributed by atoms with E-state index in [4.69, 9.17) is 30.8 Å². The van der Waals surface area contributed by atoms with E-state index in [2.05, 4.69) is 95.8 Å². The number of hydrogen-bond acceptors (Lipinski definition) is 7. The second kappa shape index (κ2) is 16.7. The van der Waals surface area contributed by atoms with Gasteiger partial charge in [-0.15, -0.1) is 0 Å². The summed E-state index contributed by atoms with van der Waals surface area (Å²) in [4.78, 5) is 9.89. The maximum absolute atomic E-state index is 6.37. The van der Waals surface area contributed by atoms with E-state index in [1.807, 2.05) is 24.5 Å². The molecule has 3 aliphatic rings. The molecular weight excluding hydrogens is 680 g/mol. The van der Waals surface area contributed by atoms with Crippen LogP contribution in [0.4, 0.5) is 5.69 Å². The van der Waals surface area contributed by atoms with Gasteiger partial charge in [-0.25, -0.2) is 0 Å². The van der Waals surface area contributed by atoms with Crippen LogP contribution >= 0.6 is 11.6 Å². The summed E-state index contributed by atoms with van der Waals surface area (Å²) in [6.07, 6.45) is 16.3. The van der Waals surface area contributed by atoms with Crippen LogP contribution in [0.15, 0.2) is 97.0 Å². The number of halogens is 1. The highest BCUT2D eigenvalue weighted by Crippen LogP contribution is 2.49. The van der Waals surface area contributed by atoms with Gasteiger partial charge in [-0.2, -0.15) is 0 Å². The fourth-order valence-electron chi connectivity index (χ4n) is 7.84. The van der Waals surface area contributed by atoms with Crippen LogP contribution in [0.5, 0.6) is 17.2 Å². The lowest BCUT2D eigenvalue weighted by molar-refractivity contribution is 0.224. The van der Waals surface area contributed by atoms with Crippen molar-refractivity contribution >= 4 is 17.3 Å². The molecule has 1 saturated carbocycles. The van der Waals surface area contributed by atoms with Crippen molar-refractivity contribution in [1.82, 2.24) is 15.2 Å². The number of piperidine rings is 1. The minimum Gasteiger partial charge on any atom is -0.497 e. The first kappa shape index (κ1) is 36.9. The molecule has 1 N–H and O–H groups in total. The number of likely N-dealkylation sites (tertiary alicyclic amines) is 1. The minimum atomic E-state index is 0.120. The second-order valence-corrected chi connectivity index (χ2v) is 15.3. The van der Waals surface area contributed by atoms with Gasteiger partial charge in [0.1, 0.15) is 5.75 Å². The first-order chi connectivity index (χ1) is 25.8. The van der Waals surface area contributed by atoms with Crippen molar-refractivity contribution in [2.45, 2.75) is 76.4 Å². The zero-order valence-electron chi connectivity index (χ0n) is 31.8. The summed E-state index contributed by atoms with van der Waals surface area (Å²) in [6.45, 7) is 8.28. The van der Waals surface area contributed by atoms with Gasteiger partial charge >= 0.3 is 0 Å². The zero-order valence-corrected chi connectivity index (χ0v) is 32.5. The van der Waals surface area contributed by atoms with Gasteiger partial charge in [0.05, 0.1) is 27.4 Å². The second-order valence-electron chi connectivity index (χ2n) is 14.8. The summed E-state index contributed by atoms with van der Waals surface area (Å²) in [5.41, 5.74) is 9.69. The molecule has 7 rings (SSSR count). The van der Waals surface area contributed by atoms with E-state index in [9.17, 15) is 0 Å². The van der Waals surface area contributed by atoms with E-state index in [-0.39, 0.29) is 6.04 Å². The van der Waals surface area contributed by atoms with Crippen molar-refractivity contribution in [1.29, 1.82) is 0 Å². The summed E-state index contributed by atoms with van der Waals surface area (Å²) in [5.74, 6) is 3.55. The van der Waals surface area contributed by atoms with Gasteiger partial charge in [-0.3, -0.25) is 9.88 Å². The van der Waals surface area contributed by atoms with Crippen molar-refractivity contribution in [3.8, 4) is 28.4 Å². The third-order valence-corrected chi connectivity index (χ3v) is 11.5. The lowest BCUT2D eigenvalue weighted by Crippen LogP contribution is -2.45. The average molecular weight is 733 g/mol. The predicted molar refractivity (Wildman–Crippen MR) is 217 cm³/mol. The molecule has 1 saturated heterocycles. The zero-order chi connectivity index (χ0) is 36.9. The van der Waals surface area contributed by atoms with Crippen molar-refractivity contribution in [2.24, 2.45) is 0 Å². The van der Waals surface area contributed by atoms with E-state index >= 15 is 0 Å². The molecule has 8 heteroatoms. The Kier molecular flexibility index (Phi) is 11.6. The van der Waals surface area contributed by atoms with Crippen LogP contribution in [-0.2, 0) is 6.54 Å². The van der Waals surface area contributed by atoms with Crippen LogP contribution in [0.25, 0.3) is 11.1 Å². The number of ether oxygens (including phenoxy) is 3. The van der Waals surface area contributed by atoms with Crippen molar-refractivity contribution in [3.05, 3.63) is 124 Å². The van der Waals surface area contributed by atoms with Gasteiger partial charge in [0.2, 0.25) is 0 Å². The number of anilines is 1. The molecule has 4 aromatic rings. The van der Waals surface area contributed by atoms with Gasteiger partial charge in [0.15, 0.2) is 11.5 Å². The highest BCUT2D eigenvalue weighted by Gasteiger charge is 2.30. The molecule has 1 aromatic heterocycles. The minimum absolute atomic E-state index is 0.120. The largest absolute Gasteiger partial charge is 0.497 e. The molecule has 3 heterocycles. The Labute approximate surface area is 320 Å². The lowest BCUT2D eigenvalue weighted by Gasteiger charge is -2.40. The first-order valence-electron chi connectivity index (χ1n) is 19.1. The Bertz CT molecular complexity index is 1930. The molecule has 0 radical (unpaired) electrons. The van der Waals surface area contributed by atoms with Gasteiger partial charge in [-0.05, 0) is 139 Å². The fourth-order valence-corrected chi connectivity index (χ4v) is 7.96. The quantitative estimate of drug-likeness (QED) is 0.139. The smallest absolute Gasteiger partial charge is 0.164 e. The van der Waals surface area contributed by atoms with Gasteiger partial charge in [0, 0.05) is 66.5 Å². The summed E-state index contributed by atoms with van der Waals surface area (Å²) >= 11 is 6.37. The van der Waals surface area contributed by atoms with Crippen molar-refractivity contribution in [2.75, 3.05) is 45.9 Å². The number of pyridine rings is 1. The number of dihydropyridines is 1. The molecule has 2 atom stereocenters. The van der Waals surface area contributed by atoms with Crippen molar-refractivity contribution in [3.63, 3.8) is 0 Å². The Morgan fingerprint density at radius 1 is 0.906 bits per heavy atom. The first-order valence-corrected chi connectivity index (χ1v) is 19.5. The molecule has 0 amide bonds. The number of aromatic nitrogens is 1. The Morgan fingerprint density at radius 3 is 2.40 bits per heavy atom.